The zero-order chi connectivity index (χ0) is 14.7. The van der Waals surface area contributed by atoms with Gasteiger partial charge in [-0.3, -0.25) is 0 Å². The molecular formula is C16H22BrNO2. The standard InChI is InChI=1S/C16H22BrNO2/c1-11(2)12-4-3-6-18(7-5-12)15-9-13(16(19)20)8-14(17)10-15/h8-12H,3-7H2,1-2H3,(H,19,20). The molecule has 0 amide bonds. The summed E-state index contributed by atoms with van der Waals surface area (Å²) in [4.78, 5) is 13.5. The molecule has 1 aliphatic rings. The van der Waals surface area contributed by atoms with Gasteiger partial charge < -0.3 is 10.0 Å². The Kier molecular flexibility index (Phi) is 5.08. The summed E-state index contributed by atoms with van der Waals surface area (Å²) < 4.78 is 0.831. The van der Waals surface area contributed by atoms with Crippen LogP contribution < -0.4 is 4.90 Å². The number of carboxylic acid groups (broad SMARTS) is 1. The Hall–Kier alpha value is -1.03. The van der Waals surface area contributed by atoms with E-state index in [-0.39, 0.29) is 0 Å². The molecule has 20 heavy (non-hydrogen) atoms. The quantitative estimate of drug-likeness (QED) is 0.886. The first-order chi connectivity index (χ1) is 9.47. The van der Waals surface area contributed by atoms with E-state index in [1.54, 1.807) is 12.1 Å². The van der Waals surface area contributed by atoms with Gasteiger partial charge in [-0.2, -0.15) is 0 Å². The first kappa shape index (κ1) is 15.4. The summed E-state index contributed by atoms with van der Waals surface area (Å²) >= 11 is 3.41. The van der Waals surface area contributed by atoms with Crippen LogP contribution in [0.1, 0.15) is 43.5 Å². The van der Waals surface area contributed by atoms with Crippen molar-refractivity contribution in [2.75, 3.05) is 18.0 Å². The molecule has 0 bridgehead atoms. The van der Waals surface area contributed by atoms with Crippen molar-refractivity contribution in [3.05, 3.63) is 28.2 Å². The maximum Gasteiger partial charge on any atom is 0.335 e. The van der Waals surface area contributed by atoms with Gasteiger partial charge in [0.1, 0.15) is 0 Å². The number of carboxylic acids is 1. The predicted octanol–water partition coefficient (Wildman–Crippen LogP) is 4.41. The van der Waals surface area contributed by atoms with Crippen LogP contribution in [-0.4, -0.2) is 24.2 Å². The summed E-state index contributed by atoms with van der Waals surface area (Å²) in [5, 5.41) is 9.16. The number of nitrogens with zero attached hydrogens (tertiary/aromatic N) is 1. The van der Waals surface area contributed by atoms with Crippen LogP contribution in [0, 0.1) is 11.8 Å². The number of hydrogen-bond acceptors (Lipinski definition) is 2. The molecule has 1 saturated heterocycles. The molecule has 1 atom stereocenters. The molecule has 110 valence electrons. The summed E-state index contributed by atoms with van der Waals surface area (Å²) in [7, 11) is 0. The number of carbonyl (C=O) groups is 1. The normalized spacial score (nSPS) is 20.0. The average molecular weight is 340 g/mol. The van der Waals surface area contributed by atoms with Crippen LogP contribution in [0.4, 0.5) is 5.69 Å². The monoisotopic (exact) mass is 339 g/mol. The zero-order valence-corrected chi connectivity index (χ0v) is 13.7. The second-order valence-electron chi connectivity index (χ2n) is 5.93. The lowest BCUT2D eigenvalue weighted by Gasteiger charge is -2.24. The zero-order valence-electron chi connectivity index (χ0n) is 12.1. The van der Waals surface area contributed by atoms with Crippen molar-refractivity contribution in [3.63, 3.8) is 0 Å². The number of anilines is 1. The van der Waals surface area contributed by atoms with Crippen molar-refractivity contribution in [2.45, 2.75) is 33.1 Å². The summed E-state index contributed by atoms with van der Waals surface area (Å²) in [6.07, 6.45) is 3.64. The highest BCUT2D eigenvalue weighted by molar-refractivity contribution is 9.10. The van der Waals surface area contributed by atoms with Gasteiger partial charge >= 0.3 is 5.97 Å². The number of aromatic carboxylic acids is 1. The van der Waals surface area contributed by atoms with E-state index in [1.807, 2.05) is 6.07 Å². The van der Waals surface area contributed by atoms with Crippen LogP contribution in [0.5, 0.6) is 0 Å². The lowest BCUT2D eigenvalue weighted by molar-refractivity contribution is 0.0697. The molecule has 0 aromatic heterocycles. The fourth-order valence-electron chi connectivity index (χ4n) is 2.93. The average Bonchev–Trinajstić information content (AvgIpc) is 2.63. The maximum atomic E-state index is 11.2. The van der Waals surface area contributed by atoms with Crippen LogP contribution in [0.3, 0.4) is 0 Å². The third kappa shape index (κ3) is 3.75. The molecule has 1 N–H and O–H groups in total. The van der Waals surface area contributed by atoms with Gasteiger partial charge in [-0.15, -0.1) is 0 Å². The van der Waals surface area contributed by atoms with Crippen LogP contribution in [0.15, 0.2) is 22.7 Å². The van der Waals surface area contributed by atoms with E-state index >= 15 is 0 Å². The minimum atomic E-state index is -0.873. The van der Waals surface area contributed by atoms with Gasteiger partial charge in [0, 0.05) is 23.2 Å². The van der Waals surface area contributed by atoms with E-state index in [1.165, 1.54) is 19.3 Å². The molecule has 1 aromatic carbocycles. The highest BCUT2D eigenvalue weighted by Gasteiger charge is 2.20. The van der Waals surface area contributed by atoms with Crippen molar-refractivity contribution in [2.24, 2.45) is 11.8 Å². The second-order valence-corrected chi connectivity index (χ2v) is 6.84. The van der Waals surface area contributed by atoms with E-state index in [9.17, 15) is 4.79 Å². The number of halogens is 1. The number of hydrogen-bond donors (Lipinski definition) is 1. The minimum Gasteiger partial charge on any atom is -0.478 e. The van der Waals surface area contributed by atoms with E-state index in [2.05, 4.69) is 34.7 Å². The second kappa shape index (κ2) is 6.61. The van der Waals surface area contributed by atoms with Gasteiger partial charge in [0.2, 0.25) is 0 Å². The molecule has 0 aliphatic carbocycles. The van der Waals surface area contributed by atoms with Crippen molar-refractivity contribution < 1.29 is 9.90 Å². The van der Waals surface area contributed by atoms with Gasteiger partial charge in [0.15, 0.2) is 0 Å². The fourth-order valence-corrected chi connectivity index (χ4v) is 3.41. The van der Waals surface area contributed by atoms with Gasteiger partial charge in [-0.25, -0.2) is 4.79 Å². The van der Waals surface area contributed by atoms with Crippen molar-refractivity contribution in [1.29, 1.82) is 0 Å². The molecule has 4 heteroatoms. The molecule has 0 saturated carbocycles. The van der Waals surface area contributed by atoms with E-state index in [4.69, 9.17) is 5.11 Å². The fraction of sp³-hybridized carbons (Fsp3) is 0.562. The Morgan fingerprint density at radius 3 is 2.70 bits per heavy atom. The number of rotatable bonds is 3. The minimum absolute atomic E-state index is 0.346. The number of benzene rings is 1. The molecule has 1 heterocycles. The molecule has 1 aliphatic heterocycles. The lowest BCUT2D eigenvalue weighted by Crippen LogP contribution is -2.24. The third-order valence-corrected chi connectivity index (χ3v) is 4.67. The third-order valence-electron chi connectivity index (χ3n) is 4.21. The van der Waals surface area contributed by atoms with Crippen LogP contribution in [-0.2, 0) is 0 Å². The Labute approximate surface area is 129 Å². The highest BCUT2D eigenvalue weighted by Crippen LogP contribution is 2.29. The molecule has 1 fully saturated rings. The highest BCUT2D eigenvalue weighted by atomic mass is 79.9. The van der Waals surface area contributed by atoms with Crippen LogP contribution >= 0.6 is 15.9 Å². The topological polar surface area (TPSA) is 40.5 Å². The Balaban J connectivity index is 2.17. The maximum absolute atomic E-state index is 11.2. The van der Waals surface area contributed by atoms with Crippen LogP contribution in [0.2, 0.25) is 0 Å². The van der Waals surface area contributed by atoms with E-state index in [0.29, 0.717) is 5.56 Å². The van der Waals surface area contributed by atoms with Gasteiger partial charge in [0.05, 0.1) is 5.56 Å². The molecule has 0 radical (unpaired) electrons. The summed E-state index contributed by atoms with van der Waals surface area (Å²) in [6, 6.07) is 5.45. The first-order valence-electron chi connectivity index (χ1n) is 7.26. The largest absolute Gasteiger partial charge is 0.478 e. The Morgan fingerprint density at radius 1 is 1.30 bits per heavy atom. The molecule has 0 spiro atoms. The van der Waals surface area contributed by atoms with Crippen LogP contribution in [0.25, 0.3) is 0 Å². The lowest BCUT2D eigenvalue weighted by atomic mass is 9.89. The van der Waals surface area contributed by atoms with Gasteiger partial charge in [-0.1, -0.05) is 29.8 Å². The van der Waals surface area contributed by atoms with Crippen molar-refractivity contribution in [3.8, 4) is 0 Å². The molecular weight excluding hydrogens is 318 g/mol. The Morgan fingerprint density at radius 2 is 2.05 bits per heavy atom. The Bertz CT molecular complexity index is 487. The summed E-state index contributed by atoms with van der Waals surface area (Å²) in [5.41, 5.74) is 1.36. The van der Waals surface area contributed by atoms with Crippen molar-refractivity contribution in [1.82, 2.24) is 0 Å². The van der Waals surface area contributed by atoms with E-state index < -0.39 is 5.97 Å². The summed E-state index contributed by atoms with van der Waals surface area (Å²) in [5.74, 6) is 0.639. The molecule has 2 rings (SSSR count). The van der Waals surface area contributed by atoms with Crippen molar-refractivity contribution >= 4 is 27.6 Å². The SMILES string of the molecule is CC(C)C1CCCN(c2cc(Br)cc(C(=O)O)c2)CC1. The smallest absolute Gasteiger partial charge is 0.335 e. The summed E-state index contributed by atoms with van der Waals surface area (Å²) in [6.45, 7) is 6.61. The van der Waals surface area contributed by atoms with E-state index in [0.717, 1.165) is 35.1 Å². The molecule has 3 nitrogen and oxygen atoms in total. The molecule has 1 unspecified atom stereocenters. The predicted molar refractivity (Wildman–Crippen MR) is 85.5 cm³/mol. The molecule has 1 aromatic rings. The first-order valence-corrected chi connectivity index (χ1v) is 8.05. The van der Waals surface area contributed by atoms with Gasteiger partial charge in [-0.05, 0) is 49.3 Å². The van der Waals surface area contributed by atoms with Gasteiger partial charge in [0.25, 0.3) is 0 Å².